The van der Waals surface area contributed by atoms with Gasteiger partial charge in [-0.3, -0.25) is 0 Å². The Kier molecular flexibility index (Phi) is 5.49. The molecule has 0 bridgehead atoms. The molecule has 1 aromatic rings. The van der Waals surface area contributed by atoms with Gasteiger partial charge in [-0.2, -0.15) is 5.26 Å². The summed E-state index contributed by atoms with van der Waals surface area (Å²) in [5.74, 6) is 0. The third-order valence-corrected chi connectivity index (χ3v) is 2.43. The van der Waals surface area contributed by atoms with Gasteiger partial charge in [-0.1, -0.05) is 6.07 Å². The van der Waals surface area contributed by atoms with Crippen molar-refractivity contribution >= 4 is 5.69 Å². The lowest BCUT2D eigenvalue weighted by Gasteiger charge is -2.24. The molecule has 1 aromatic carbocycles. The summed E-state index contributed by atoms with van der Waals surface area (Å²) < 4.78 is 24.9. The fraction of sp³-hybridized carbons (Fsp3) is 0.417. The standard InChI is InChI=1S/C12H14F2N2O2/c13-12(14)7-16(3-4-17)11-2-1-9(8-18)5-10(11)6-15/h1-2,5,12,17-18H,3-4,7-8H2. The molecule has 0 aliphatic heterocycles. The Morgan fingerprint density at radius 2 is 2.06 bits per heavy atom. The zero-order chi connectivity index (χ0) is 13.5. The van der Waals surface area contributed by atoms with Gasteiger partial charge in [-0.05, 0) is 17.7 Å². The minimum Gasteiger partial charge on any atom is -0.395 e. The molecule has 0 aliphatic carbocycles. The lowest BCUT2D eigenvalue weighted by molar-refractivity contribution is 0.153. The van der Waals surface area contributed by atoms with E-state index >= 15 is 0 Å². The van der Waals surface area contributed by atoms with Gasteiger partial charge in [0.15, 0.2) is 0 Å². The summed E-state index contributed by atoms with van der Waals surface area (Å²) in [6.45, 7) is -1.02. The first-order valence-corrected chi connectivity index (χ1v) is 5.40. The number of rotatable bonds is 6. The highest BCUT2D eigenvalue weighted by molar-refractivity contribution is 5.60. The molecule has 0 amide bonds. The van der Waals surface area contributed by atoms with E-state index in [-0.39, 0.29) is 25.3 Å². The molecule has 1 rings (SSSR count). The monoisotopic (exact) mass is 256 g/mol. The number of aliphatic hydroxyl groups excluding tert-OH is 2. The fourth-order valence-electron chi connectivity index (χ4n) is 1.64. The summed E-state index contributed by atoms with van der Waals surface area (Å²) in [4.78, 5) is 1.25. The maximum atomic E-state index is 12.4. The maximum absolute atomic E-state index is 12.4. The Balaban J connectivity index is 3.07. The molecule has 0 heterocycles. The van der Waals surface area contributed by atoms with Crippen LogP contribution in [0.1, 0.15) is 11.1 Å². The number of hydrogen-bond donors (Lipinski definition) is 2. The molecule has 0 aromatic heterocycles. The highest BCUT2D eigenvalue weighted by atomic mass is 19.3. The summed E-state index contributed by atoms with van der Waals surface area (Å²) in [7, 11) is 0. The summed E-state index contributed by atoms with van der Waals surface area (Å²) in [6.07, 6.45) is -2.55. The molecule has 0 aliphatic rings. The SMILES string of the molecule is N#Cc1cc(CO)ccc1N(CCO)CC(F)F. The van der Waals surface area contributed by atoms with Crippen LogP contribution in [0, 0.1) is 11.3 Å². The van der Waals surface area contributed by atoms with Gasteiger partial charge in [0, 0.05) is 6.54 Å². The fourth-order valence-corrected chi connectivity index (χ4v) is 1.64. The zero-order valence-electron chi connectivity index (χ0n) is 9.68. The summed E-state index contributed by atoms with van der Waals surface area (Å²) in [5.41, 5.74) is 1.08. The first-order valence-electron chi connectivity index (χ1n) is 5.40. The predicted octanol–water partition coefficient (Wildman–Crippen LogP) is 1.11. The molecule has 2 N–H and O–H groups in total. The van der Waals surface area contributed by atoms with Gasteiger partial charge in [-0.25, -0.2) is 8.78 Å². The predicted molar refractivity (Wildman–Crippen MR) is 62.4 cm³/mol. The Labute approximate surface area is 104 Å². The molecule has 0 fully saturated rings. The molecular weight excluding hydrogens is 242 g/mol. The molecule has 0 spiro atoms. The average molecular weight is 256 g/mol. The van der Waals surface area contributed by atoms with Crippen LogP contribution in [0.15, 0.2) is 18.2 Å². The van der Waals surface area contributed by atoms with E-state index < -0.39 is 13.0 Å². The van der Waals surface area contributed by atoms with E-state index in [2.05, 4.69) is 0 Å². The number of nitriles is 1. The Bertz CT molecular complexity index is 433. The Hall–Kier alpha value is -1.71. The molecule has 6 heteroatoms. The molecule has 0 unspecified atom stereocenters. The van der Waals surface area contributed by atoms with Crippen molar-refractivity contribution in [2.45, 2.75) is 13.0 Å². The van der Waals surface area contributed by atoms with Crippen molar-refractivity contribution in [3.8, 4) is 6.07 Å². The number of halogens is 2. The number of anilines is 1. The molecule has 4 nitrogen and oxygen atoms in total. The van der Waals surface area contributed by atoms with Crippen molar-refractivity contribution in [1.29, 1.82) is 5.26 Å². The van der Waals surface area contributed by atoms with Gasteiger partial charge in [0.1, 0.15) is 6.07 Å². The molecule has 0 saturated carbocycles. The maximum Gasteiger partial charge on any atom is 0.255 e. The summed E-state index contributed by atoms with van der Waals surface area (Å²) >= 11 is 0. The highest BCUT2D eigenvalue weighted by Gasteiger charge is 2.15. The topological polar surface area (TPSA) is 67.5 Å². The minimum atomic E-state index is -2.55. The minimum absolute atomic E-state index is 0.0253. The van der Waals surface area contributed by atoms with Gasteiger partial charge in [0.2, 0.25) is 0 Å². The Morgan fingerprint density at radius 3 is 2.56 bits per heavy atom. The largest absolute Gasteiger partial charge is 0.395 e. The second-order valence-corrected chi connectivity index (χ2v) is 3.68. The summed E-state index contributed by atoms with van der Waals surface area (Å²) in [6, 6.07) is 6.42. The smallest absolute Gasteiger partial charge is 0.255 e. The quantitative estimate of drug-likeness (QED) is 0.800. The van der Waals surface area contributed by atoms with Crippen LogP contribution in [0.5, 0.6) is 0 Å². The first kappa shape index (κ1) is 14.4. The molecule has 18 heavy (non-hydrogen) atoms. The molecule has 98 valence electrons. The third-order valence-electron chi connectivity index (χ3n) is 2.43. The first-order chi connectivity index (χ1) is 8.62. The van der Waals surface area contributed by atoms with Gasteiger partial charge >= 0.3 is 0 Å². The lowest BCUT2D eigenvalue weighted by Crippen LogP contribution is -2.32. The highest BCUT2D eigenvalue weighted by Crippen LogP contribution is 2.22. The molecule has 0 radical (unpaired) electrons. The van der Waals surface area contributed by atoms with Crippen molar-refractivity contribution < 1.29 is 19.0 Å². The number of aliphatic hydroxyl groups is 2. The number of alkyl halides is 2. The Morgan fingerprint density at radius 1 is 1.33 bits per heavy atom. The van der Waals surface area contributed by atoms with Gasteiger partial charge in [0.25, 0.3) is 6.43 Å². The van der Waals surface area contributed by atoms with E-state index in [9.17, 15) is 8.78 Å². The van der Waals surface area contributed by atoms with Crippen LogP contribution in [-0.2, 0) is 6.61 Å². The van der Waals surface area contributed by atoms with E-state index in [4.69, 9.17) is 15.5 Å². The second-order valence-electron chi connectivity index (χ2n) is 3.68. The average Bonchev–Trinajstić information content (AvgIpc) is 2.37. The van der Waals surface area contributed by atoms with Crippen LogP contribution in [0.25, 0.3) is 0 Å². The van der Waals surface area contributed by atoms with Crippen LogP contribution in [0.2, 0.25) is 0 Å². The van der Waals surface area contributed by atoms with Crippen molar-refractivity contribution in [1.82, 2.24) is 0 Å². The van der Waals surface area contributed by atoms with Crippen molar-refractivity contribution in [3.63, 3.8) is 0 Å². The van der Waals surface area contributed by atoms with Crippen molar-refractivity contribution in [2.75, 3.05) is 24.6 Å². The number of nitrogens with zero attached hydrogens (tertiary/aromatic N) is 2. The van der Waals surface area contributed by atoms with E-state index in [0.29, 0.717) is 11.3 Å². The third kappa shape index (κ3) is 3.65. The second kappa shape index (κ2) is 6.89. The van der Waals surface area contributed by atoms with E-state index in [1.54, 1.807) is 6.07 Å². The molecular formula is C12H14F2N2O2. The van der Waals surface area contributed by atoms with E-state index in [1.807, 2.05) is 6.07 Å². The lowest BCUT2D eigenvalue weighted by atomic mass is 10.1. The van der Waals surface area contributed by atoms with Crippen LogP contribution in [0.4, 0.5) is 14.5 Å². The van der Waals surface area contributed by atoms with Gasteiger partial charge < -0.3 is 15.1 Å². The van der Waals surface area contributed by atoms with E-state index in [1.165, 1.54) is 17.0 Å². The molecule has 0 saturated heterocycles. The summed E-state index contributed by atoms with van der Waals surface area (Å²) in [5, 5.41) is 26.8. The van der Waals surface area contributed by atoms with Crippen LogP contribution < -0.4 is 4.90 Å². The van der Waals surface area contributed by atoms with Crippen LogP contribution in [-0.4, -0.2) is 36.3 Å². The number of hydrogen-bond acceptors (Lipinski definition) is 4. The van der Waals surface area contributed by atoms with Crippen LogP contribution in [0.3, 0.4) is 0 Å². The van der Waals surface area contributed by atoms with Gasteiger partial charge in [0.05, 0.1) is 31.0 Å². The van der Waals surface area contributed by atoms with Crippen molar-refractivity contribution in [2.24, 2.45) is 0 Å². The van der Waals surface area contributed by atoms with Gasteiger partial charge in [-0.15, -0.1) is 0 Å². The van der Waals surface area contributed by atoms with Crippen LogP contribution >= 0.6 is 0 Å². The normalized spacial score (nSPS) is 10.4. The number of benzene rings is 1. The molecule has 0 atom stereocenters. The van der Waals surface area contributed by atoms with E-state index in [0.717, 1.165) is 0 Å². The zero-order valence-corrected chi connectivity index (χ0v) is 9.68. The van der Waals surface area contributed by atoms with Crippen molar-refractivity contribution in [3.05, 3.63) is 29.3 Å².